The molecule has 1 saturated heterocycles. The maximum Gasteiger partial charge on any atom is 0.417 e. The third-order valence-electron chi connectivity index (χ3n) is 4.96. The zero-order valence-electron chi connectivity index (χ0n) is 16.1. The molecule has 1 aromatic heterocycles. The van der Waals surface area contributed by atoms with Crippen LogP contribution in [0.25, 0.3) is 0 Å². The van der Waals surface area contributed by atoms with Crippen molar-refractivity contribution in [1.29, 1.82) is 5.26 Å². The number of carbonyl (C=O) groups excluding carboxylic acids is 1. The zero-order valence-corrected chi connectivity index (χ0v) is 16.9. The van der Waals surface area contributed by atoms with E-state index in [9.17, 15) is 28.3 Å². The lowest BCUT2D eigenvalue weighted by atomic mass is 10.1. The number of nitriles is 1. The molecule has 0 bridgehead atoms. The summed E-state index contributed by atoms with van der Waals surface area (Å²) >= 11 is 5.97. The lowest BCUT2D eigenvalue weighted by Crippen LogP contribution is -2.49. The van der Waals surface area contributed by atoms with Crippen LogP contribution < -0.4 is 9.80 Å². The predicted molar refractivity (Wildman–Crippen MR) is 105 cm³/mol. The number of carbonyl (C=O) groups is 1. The second-order valence-corrected chi connectivity index (χ2v) is 7.43. The van der Waals surface area contributed by atoms with E-state index in [4.69, 9.17) is 11.6 Å². The molecule has 1 aliphatic heterocycles. The molecule has 3 rings (SSSR count). The number of aliphatic hydroxyl groups is 1. The van der Waals surface area contributed by atoms with Crippen molar-refractivity contribution in [2.45, 2.75) is 31.7 Å². The number of hydrogen-bond donors (Lipinski definition) is 1. The molecular formula is C20H18ClF3N4O2. The molecule has 158 valence electrons. The Hall–Kier alpha value is -2.83. The highest BCUT2D eigenvalue weighted by Crippen LogP contribution is 2.38. The molecule has 2 aromatic rings. The Balaban J connectivity index is 2.05. The normalized spacial score (nSPS) is 18.9. The van der Waals surface area contributed by atoms with Crippen molar-refractivity contribution in [1.82, 2.24) is 4.98 Å². The molecule has 6 nitrogen and oxygen atoms in total. The third kappa shape index (κ3) is 4.06. The summed E-state index contributed by atoms with van der Waals surface area (Å²) in [6, 6.07) is 7.64. The van der Waals surface area contributed by atoms with Gasteiger partial charge in [0.1, 0.15) is 23.5 Å². The Kier molecular flexibility index (Phi) is 5.92. The van der Waals surface area contributed by atoms with Crippen LogP contribution in [-0.4, -0.2) is 41.7 Å². The molecular weight excluding hydrogens is 421 g/mol. The SMILES string of the molecule is Cc1cc(C(F)(F)F)c(C#N)c(N2CC[C@H](O)[C@H]2C(=O)N(C)c2cccc(Cl)c2)n1. The minimum absolute atomic E-state index is 0.0482. The Bertz CT molecular complexity index is 1020. The van der Waals surface area contributed by atoms with Gasteiger partial charge in [0.2, 0.25) is 0 Å². The van der Waals surface area contributed by atoms with E-state index < -0.39 is 35.4 Å². The summed E-state index contributed by atoms with van der Waals surface area (Å²) < 4.78 is 40.4. The number of aliphatic hydroxyl groups excluding tert-OH is 1. The molecule has 10 heteroatoms. The number of hydrogen-bond acceptors (Lipinski definition) is 5. The molecule has 1 aliphatic rings. The second-order valence-electron chi connectivity index (χ2n) is 6.99. The van der Waals surface area contributed by atoms with E-state index in [-0.39, 0.29) is 24.5 Å². The van der Waals surface area contributed by atoms with Crippen molar-refractivity contribution >= 4 is 29.0 Å². The van der Waals surface area contributed by atoms with Crippen LogP contribution in [0.2, 0.25) is 5.02 Å². The first-order valence-electron chi connectivity index (χ1n) is 9.01. The first-order chi connectivity index (χ1) is 14.0. The highest BCUT2D eigenvalue weighted by Gasteiger charge is 2.44. The number of alkyl halides is 3. The summed E-state index contributed by atoms with van der Waals surface area (Å²) in [6.07, 6.45) is -5.76. The minimum atomic E-state index is -4.76. The maximum atomic E-state index is 13.5. The Labute approximate surface area is 176 Å². The van der Waals surface area contributed by atoms with Gasteiger partial charge in [-0.1, -0.05) is 17.7 Å². The number of aromatic nitrogens is 1. The van der Waals surface area contributed by atoms with Crippen LogP contribution in [0.5, 0.6) is 0 Å². The van der Waals surface area contributed by atoms with Gasteiger partial charge >= 0.3 is 6.18 Å². The number of halogens is 4. The largest absolute Gasteiger partial charge is 0.417 e. The van der Waals surface area contributed by atoms with Crippen LogP contribution in [0.3, 0.4) is 0 Å². The number of anilines is 2. The molecule has 0 radical (unpaired) electrons. The van der Waals surface area contributed by atoms with Gasteiger partial charge < -0.3 is 14.9 Å². The second kappa shape index (κ2) is 8.13. The summed E-state index contributed by atoms with van der Waals surface area (Å²) in [5.41, 5.74) is -1.29. The van der Waals surface area contributed by atoms with Gasteiger partial charge in [0.05, 0.1) is 11.7 Å². The first-order valence-corrected chi connectivity index (χ1v) is 9.39. The zero-order chi connectivity index (χ0) is 22.2. The third-order valence-corrected chi connectivity index (χ3v) is 5.20. The molecule has 1 N–H and O–H groups in total. The molecule has 1 aromatic carbocycles. The molecule has 0 aliphatic carbocycles. The van der Waals surface area contributed by atoms with E-state index in [0.717, 1.165) is 6.07 Å². The minimum Gasteiger partial charge on any atom is -0.390 e. The summed E-state index contributed by atoms with van der Waals surface area (Å²) in [4.78, 5) is 19.8. The predicted octanol–water partition coefficient (Wildman–Crippen LogP) is 3.54. The van der Waals surface area contributed by atoms with Crippen LogP contribution in [0.4, 0.5) is 24.7 Å². The van der Waals surface area contributed by atoms with Crippen LogP contribution in [-0.2, 0) is 11.0 Å². The summed E-state index contributed by atoms with van der Waals surface area (Å²) in [6.45, 7) is 1.45. The topological polar surface area (TPSA) is 80.5 Å². The summed E-state index contributed by atoms with van der Waals surface area (Å²) in [7, 11) is 1.48. The maximum absolute atomic E-state index is 13.5. The molecule has 0 saturated carbocycles. The van der Waals surface area contributed by atoms with Gasteiger partial charge in [-0.3, -0.25) is 4.79 Å². The molecule has 0 unspecified atom stereocenters. The number of amides is 1. The van der Waals surface area contributed by atoms with Crippen LogP contribution >= 0.6 is 11.6 Å². The van der Waals surface area contributed by atoms with E-state index >= 15 is 0 Å². The van der Waals surface area contributed by atoms with Crippen molar-refractivity contribution in [3.8, 4) is 6.07 Å². The van der Waals surface area contributed by atoms with Gasteiger partial charge in [0.15, 0.2) is 0 Å². The fourth-order valence-electron chi connectivity index (χ4n) is 3.52. The Morgan fingerprint density at radius 2 is 2.10 bits per heavy atom. The molecule has 2 heterocycles. The number of likely N-dealkylation sites (N-methyl/N-ethyl adjacent to an activating group) is 1. The van der Waals surface area contributed by atoms with Crippen molar-refractivity contribution in [3.63, 3.8) is 0 Å². The van der Waals surface area contributed by atoms with Gasteiger partial charge in [0.25, 0.3) is 5.91 Å². The van der Waals surface area contributed by atoms with Crippen molar-refractivity contribution in [2.24, 2.45) is 0 Å². The fraction of sp³-hybridized carbons (Fsp3) is 0.350. The summed E-state index contributed by atoms with van der Waals surface area (Å²) in [5.74, 6) is -0.817. The lowest BCUT2D eigenvalue weighted by molar-refractivity contribution is -0.137. The van der Waals surface area contributed by atoms with Gasteiger partial charge in [-0.25, -0.2) is 4.98 Å². The van der Waals surface area contributed by atoms with Gasteiger partial charge in [0, 0.05) is 30.0 Å². The molecule has 0 spiro atoms. The standard InChI is InChI=1S/C20H18ClF3N4O2/c1-11-8-15(20(22,23)24)14(10-25)18(26-11)28-7-6-16(29)17(28)19(30)27(2)13-5-3-4-12(21)9-13/h3-5,8-9,16-17,29H,6-7H2,1-2H3/t16-,17-/m0/s1. The Morgan fingerprint density at radius 1 is 1.40 bits per heavy atom. The number of rotatable bonds is 3. The fourth-order valence-corrected chi connectivity index (χ4v) is 3.70. The molecule has 30 heavy (non-hydrogen) atoms. The lowest BCUT2D eigenvalue weighted by Gasteiger charge is -2.31. The molecule has 1 fully saturated rings. The van der Waals surface area contributed by atoms with E-state index in [0.29, 0.717) is 10.7 Å². The van der Waals surface area contributed by atoms with Gasteiger partial charge in [-0.2, -0.15) is 18.4 Å². The highest BCUT2D eigenvalue weighted by molar-refractivity contribution is 6.30. The average molecular weight is 439 g/mol. The average Bonchev–Trinajstić information content (AvgIpc) is 3.06. The number of pyridine rings is 1. The van der Waals surface area contributed by atoms with E-state index in [1.807, 2.05) is 0 Å². The number of nitrogens with zero attached hydrogens (tertiary/aromatic N) is 4. The van der Waals surface area contributed by atoms with E-state index in [1.54, 1.807) is 30.3 Å². The number of benzene rings is 1. The quantitative estimate of drug-likeness (QED) is 0.792. The van der Waals surface area contributed by atoms with Crippen molar-refractivity contribution < 1.29 is 23.1 Å². The van der Waals surface area contributed by atoms with Crippen LogP contribution in [0.15, 0.2) is 30.3 Å². The van der Waals surface area contributed by atoms with E-state index in [2.05, 4.69) is 4.98 Å². The van der Waals surface area contributed by atoms with Crippen molar-refractivity contribution in [3.05, 3.63) is 52.2 Å². The summed E-state index contributed by atoms with van der Waals surface area (Å²) in [5, 5.41) is 20.3. The highest BCUT2D eigenvalue weighted by atomic mass is 35.5. The smallest absolute Gasteiger partial charge is 0.390 e. The first kappa shape index (κ1) is 21.9. The number of aryl methyl sites for hydroxylation is 1. The van der Waals surface area contributed by atoms with Crippen LogP contribution in [0, 0.1) is 18.3 Å². The Morgan fingerprint density at radius 3 is 2.70 bits per heavy atom. The van der Waals surface area contributed by atoms with Crippen molar-refractivity contribution in [2.75, 3.05) is 23.4 Å². The molecule has 1 amide bonds. The van der Waals surface area contributed by atoms with Crippen LogP contribution in [0.1, 0.15) is 23.2 Å². The van der Waals surface area contributed by atoms with E-state index in [1.165, 1.54) is 23.8 Å². The molecule has 2 atom stereocenters. The van der Waals surface area contributed by atoms with Gasteiger partial charge in [-0.05, 0) is 37.6 Å². The van der Waals surface area contributed by atoms with Gasteiger partial charge in [-0.15, -0.1) is 0 Å². The monoisotopic (exact) mass is 438 g/mol.